The molecule has 1 fully saturated rings. The van der Waals surface area contributed by atoms with Gasteiger partial charge in [0.25, 0.3) is 11.8 Å². The number of aliphatic carboxylic acids is 1. The van der Waals surface area contributed by atoms with Gasteiger partial charge in [-0.1, -0.05) is 12.1 Å². The number of aromatic nitrogens is 1. The molecule has 1 atom stereocenters. The second-order valence-corrected chi connectivity index (χ2v) is 9.02. The summed E-state index contributed by atoms with van der Waals surface area (Å²) in [7, 11) is 1.07. The number of hydrogen-bond donors (Lipinski definition) is 3. The number of nitrogens with one attached hydrogen (secondary N) is 1. The fourth-order valence-electron chi connectivity index (χ4n) is 4.02. The Balaban J connectivity index is 1.79. The molecule has 15 nitrogen and oxygen atoms in total. The van der Waals surface area contributed by atoms with Crippen molar-refractivity contribution in [1.82, 2.24) is 25.0 Å². The molecule has 2 aromatic rings. The lowest BCUT2D eigenvalue weighted by Crippen LogP contribution is -2.56. The molecule has 41 heavy (non-hydrogen) atoms. The number of pyridine rings is 1. The number of carbonyl (C=O) groups is 6. The first kappa shape index (κ1) is 30.6. The van der Waals surface area contributed by atoms with Crippen LogP contribution < -0.4 is 10.1 Å². The van der Waals surface area contributed by atoms with Crippen molar-refractivity contribution in [2.24, 2.45) is 0 Å². The number of nitrogens with zero attached hydrogens (tertiary/aromatic N) is 4. The molecule has 2 heterocycles. The number of para-hydroxylation sites is 1. The highest BCUT2D eigenvalue weighted by molar-refractivity contribution is 5.99. The lowest BCUT2D eigenvalue weighted by atomic mass is 10.1. The van der Waals surface area contributed by atoms with Crippen LogP contribution in [0.2, 0.25) is 0 Å². The zero-order valence-electron chi connectivity index (χ0n) is 22.6. The topological polar surface area (TPSA) is 196 Å². The van der Waals surface area contributed by atoms with Crippen LogP contribution in [-0.4, -0.2) is 118 Å². The van der Waals surface area contributed by atoms with Gasteiger partial charge in [-0.3, -0.25) is 19.2 Å². The Kier molecular flexibility index (Phi) is 10.4. The van der Waals surface area contributed by atoms with E-state index in [4.69, 9.17) is 14.6 Å². The molecule has 3 N–H and O–H groups in total. The number of carboxylic acids is 1. The second kappa shape index (κ2) is 13.9. The van der Waals surface area contributed by atoms with Gasteiger partial charge >= 0.3 is 18.2 Å². The first-order valence-corrected chi connectivity index (χ1v) is 12.8. The zero-order valence-corrected chi connectivity index (χ0v) is 22.6. The van der Waals surface area contributed by atoms with Gasteiger partial charge in [0.2, 0.25) is 5.91 Å². The second-order valence-electron chi connectivity index (χ2n) is 9.02. The van der Waals surface area contributed by atoms with E-state index in [9.17, 15) is 33.9 Å². The minimum atomic E-state index is -1.46. The van der Waals surface area contributed by atoms with E-state index in [0.717, 1.165) is 7.05 Å². The maximum Gasteiger partial charge on any atom is 0.413 e. The summed E-state index contributed by atoms with van der Waals surface area (Å²) in [5.41, 5.74) is 0.163. The molecule has 0 radical (unpaired) electrons. The van der Waals surface area contributed by atoms with Crippen molar-refractivity contribution in [2.75, 3.05) is 46.4 Å². The normalized spacial score (nSPS) is 13.7. The van der Waals surface area contributed by atoms with Crippen molar-refractivity contribution in [3.63, 3.8) is 0 Å². The number of fused-ring (bicyclic) bond motifs is 1. The summed E-state index contributed by atoms with van der Waals surface area (Å²) in [6.45, 7) is 2.04. The number of imide groups is 1. The first-order chi connectivity index (χ1) is 19.5. The summed E-state index contributed by atoms with van der Waals surface area (Å²) in [5, 5.41) is 21.2. The Hall–Kier alpha value is -4.95. The molecule has 1 aliphatic heterocycles. The summed E-state index contributed by atoms with van der Waals surface area (Å²) >= 11 is 0. The van der Waals surface area contributed by atoms with Crippen molar-refractivity contribution < 1.29 is 48.5 Å². The number of amides is 5. The van der Waals surface area contributed by atoms with Gasteiger partial charge in [-0.15, -0.1) is 0 Å². The molecule has 0 saturated carbocycles. The zero-order chi connectivity index (χ0) is 30.1. The SMILES string of the molecule is CCOC(=O)N1CCN(C(=O)C(CCC(=O)O)NC(=O)c2cc(OCC(=O)N(C)C(=O)O)c3ccccc3n2)CC1. The Bertz CT molecular complexity index is 1320. The average molecular weight is 574 g/mol. The van der Waals surface area contributed by atoms with E-state index < -0.39 is 54.9 Å². The smallest absolute Gasteiger partial charge is 0.413 e. The molecule has 3 rings (SSSR count). The van der Waals surface area contributed by atoms with Crippen LogP contribution in [0.3, 0.4) is 0 Å². The maximum absolute atomic E-state index is 13.3. The van der Waals surface area contributed by atoms with Crippen molar-refractivity contribution in [3.8, 4) is 5.75 Å². The molecule has 1 aliphatic rings. The van der Waals surface area contributed by atoms with Crippen LogP contribution in [0.4, 0.5) is 9.59 Å². The van der Waals surface area contributed by atoms with Crippen LogP contribution >= 0.6 is 0 Å². The van der Waals surface area contributed by atoms with Gasteiger partial charge in [0, 0.05) is 51.1 Å². The van der Waals surface area contributed by atoms with Gasteiger partial charge in [-0.25, -0.2) is 19.5 Å². The van der Waals surface area contributed by atoms with Crippen LogP contribution in [0.1, 0.15) is 30.3 Å². The van der Waals surface area contributed by atoms with Crippen LogP contribution in [0.5, 0.6) is 5.75 Å². The number of rotatable bonds is 10. The van der Waals surface area contributed by atoms with Crippen molar-refractivity contribution in [2.45, 2.75) is 25.8 Å². The van der Waals surface area contributed by atoms with Crippen LogP contribution in [0.15, 0.2) is 30.3 Å². The standard InChI is InChI=1S/C26H31N5O10/c1-3-40-26(39)31-12-10-30(11-13-31)24(36)18(8-9-22(33)34)28-23(35)19-14-20(16-6-4-5-7-17(16)27-19)41-15-21(32)29(2)25(37)38/h4-7,14,18H,3,8-13,15H2,1-2H3,(H,28,35)(H,33,34)(H,37,38). The summed E-state index contributed by atoms with van der Waals surface area (Å²) in [4.78, 5) is 80.6. The molecule has 0 aliphatic carbocycles. The molecule has 5 amide bonds. The maximum atomic E-state index is 13.3. The van der Waals surface area contributed by atoms with E-state index in [1.807, 2.05) is 0 Å². The Morgan fingerprint density at radius 1 is 1.05 bits per heavy atom. The van der Waals surface area contributed by atoms with E-state index in [2.05, 4.69) is 10.3 Å². The third-order valence-corrected chi connectivity index (χ3v) is 6.29. The molecule has 0 spiro atoms. The monoisotopic (exact) mass is 573 g/mol. The highest BCUT2D eigenvalue weighted by Crippen LogP contribution is 2.26. The van der Waals surface area contributed by atoms with Gasteiger partial charge in [-0.2, -0.15) is 0 Å². The van der Waals surface area contributed by atoms with E-state index in [-0.39, 0.29) is 50.7 Å². The number of ether oxygens (including phenoxy) is 2. The third-order valence-electron chi connectivity index (χ3n) is 6.29. The molecule has 15 heteroatoms. The van der Waals surface area contributed by atoms with Gasteiger partial charge in [0.15, 0.2) is 6.61 Å². The van der Waals surface area contributed by atoms with Crippen molar-refractivity contribution >= 4 is 46.8 Å². The minimum Gasteiger partial charge on any atom is -0.483 e. The Labute approximate surface area is 234 Å². The minimum absolute atomic E-state index is 0.0800. The highest BCUT2D eigenvalue weighted by Gasteiger charge is 2.31. The molecule has 1 saturated heterocycles. The summed E-state index contributed by atoms with van der Waals surface area (Å²) in [6, 6.07) is 6.64. The van der Waals surface area contributed by atoms with Gasteiger partial charge in [0.1, 0.15) is 17.5 Å². The lowest BCUT2D eigenvalue weighted by Gasteiger charge is -2.35. The Morgan fingerprint density at radius 3 is 2.34 bits per heavy atom. The Morgan fingerprint density at radius 2 is 1.71 bits per heavy atom. The number of likely N-dealkylation sites (N-methyl/N-ethyl adjacent to an activating group) is 1. The van der Waals surface area contributed by atoms with E-state index in [0.29, 0.717) is 15.8 Å². The number of piperazine rings is 1. The summed E-state index contributed by atoms with van der Waals surface area (Å²) in [5.74, 6) is -3.21. The molecular formula is C26H31N5O10. The van der Waals surface area contributed by atoms with Crippen LogP contribution in [0.25, 0.3) is 10.9 Å². The third kappa shape index (κ3) is 8.03. The van der Waals surface area contributed by atoms with Gasteiger partial charge < -0.3 is 34.8 Å². The number of benzene rings is 1. The van der Waals surface area contributed by atoms with Gasteiger partial charge in [-0.05, 0) is 25.5 Å². The molecular weight excluding hydrogens is 542 g/mol. The molecule has 1 aromatic heterocycles. The van der Waals surface area contributed by atoms with Crippen molar-refractivity contribution in [3.05, 3.63) is 36.0 Å². The largest absolute Gasteiger partial charge is 0.483 e. The first-order valence-electron chi connectivity index (χ1n) is 12.8. The molecule has 0 bridgehead atoms. The lowest BCUT2D eigenvalue weighted by molar-refractivity contribution is -0.138. The quantitative estimate of drug-likeness (QED) is 0.367. The summed E-state index contributed by atoms with van der Waals surface area (Å²) in [6.07, 6.45) is -2.53. The number of carbonyl (C=O) groups excluding carboxylic acids is 4. The van der Waals surface area contributed by atoms with E-state index in [1.165, 1.54) is 15.9 Å². The summed E-state index contributed by atoms with van der Waals surface area (Å²) < 4.78 is 10.5. The highest BCUT2D eigenvalue weighted by atomic mass is 16.6. The molecule has 1 unspecified atom stereocenters. The van der Waals surface area contributed by atoms with Gasteiger partial charge in [0.05, 0.1) is 12.1 Å². The van der Waals surface area contributed by atoms with Crippen molar-refractivity contribution in [1.29, 1.82) is 0 Å². The molecule has 1 aromatic carbocycles. The molecule has 220 valence electrons. The fourth-order valence-corrected chi connectivity index (χ4v) is 4.02. The predicted octanol–water partition coefficient (Wildman–Crippen LogP) is 1.01. The predicted molar refractivity (Wildman–Crippen MR) is 141 cm³/mol. The van der Waals surface area contributed by atoms with E-state index >= 15 is 0 Å². The number of hydrogen-bond acceptors (Lipinski definition) is 9. The number of carboxylic acid groups (broad SMARTS) is 2. The average Bonchev–Trinajstić information content (AvgIpc) is 2.96. The van der Waals surface area contributed by atoms with Crippen LogP contribution in [-0.2, 0) is 19.1 Å². The van der Waals surface area contributed by atoms with E-state index in [1.54, 1.807) is 31.2 Å². The fraction of sp³-hybridized carbons (Fsp3) is 0.423. The van der Waals surface area contributed by atoms with Crippen LogP contribution in [0, 0.1) is 0 Å².